The summed E-state index contributed by atoms with van der Waals surface area (Å²) < 4.78 is 33.0. The number of methoxy groups -OCH3 is 1. The summed E-state index contributed by atoms with van der Waals surface area (Å²) in [6.07, 6.45) is 0. The van der Waals surface area contributed by atoms with Crippen molar-refractivity contribution in [2.24, 2.45) is 4.99 Å². The molecule has 0 heterocycles. The number of halogens is 3. The van der Waals surface area contributed by atoms with Gasteiger partial charge in [0, 0.05) is 25.8 Å². The molecule has 1 rings (SSSR count). The first-order valence-corrected chi connectivity index (χ1v) is 7.62. The fourth-order valence-electron chi connectivity index (χ4n) is 2.13. The third-order valence-electron chi connectivity index (χ3n) is 3.32. The van der Waals surface area contributed by atoms with Crippen LogP contribution in [0.3, 0.4) is 0 Å². The van der Waals surface area contributed by atoms with Crippen LogP contribution in [0.15, 0.2) is 23.2 Å². The van der Waals surface area contributed by atoms with Crippen LogP contribution in [-0.2, 0) is 4.74 Å². The van der Waals surface area contributed by atoms with E-state index in [1.54, 1.807) is 26.1 Å². The zero-order chi connectivity index (χ0) is 17.2. The smallest absolute Gasteiger partial charge is 0.191 e. The molecule has 0 aliphatic rings. The van der Waals surface area contributed by atoms with Crippen LogP contribution in [0.25, 0.3) is 0 Å². The number of ether oxygens (including phenoxy) is 1. The maximum atomic E-state index is 14.0. The summed E-state index contributed by atoms with van der Waals surface area (Å²) >= 11 is 0. The number of hydrogen-bond donors (Lipinski definition) is 2. The van der Waals surface area contributed by atoms with Gasteiger partial charge in [0.2, 0.25) is 0 Å². The number of rotatable bonds is 8. The lowest BCUT2D eigenvalue weighted by molar-refractivity contribution is 0.203. The van der Waals surface area contributed by atoms with Crippen molar-refractivity contribution in [2.75, 3.05) is 47.4 Å². The number of likely N-dealkylation sites (N-methyl/N-ethyl adjacent to an activating group) is 1. The predicted molar refractivity (Wildman–Crippen MR) is 104 cm³/mol. The van der Waals surface area contributed by atoms with Crippen molar-refractivity contribution in [1.82, 2.24) is 15.5 Å². The van der Waals surface area contributed by atoms with E-state index in [0.29, 0.717) is 25.7 Å². The van der Waals surface area contributed by atoms with Gasteiger partial charge in [0.25, 0.3) is 0 Å². The lowest BCUT2D eigenvalue weighted by Crippen LogP contribution is -2.39. The molecule has 0 bridgehead atoms. The van der Waals surface area contributed by atoms with Gasteiger partial charge in [-0.2, -0.15) is 0 Å². The second kappa shape index (κ2) is 12.4. The average Bonchev–Trinajstić information content (AvgIpc) is 2.49. The number of aliphatic imine (C=N–C) groups is 1. The summed E-state index contributed by atoms with van der Waals surface area (Å²) in [7, 11) is 5.17. The molecule has 1 unspecified atom stereocenters. The molecule has 1 atom stereocenters. The molecule has 0 aliphatic carbocycles. The summed E-state index contributed by atoms with van der Waals surface area (Å²) in [6, 6.07) is 3.40. The van der Waals surface area contributed by atoms with Crippen molar-refractivity contribution in [3.63, 3.8) is 0 Å². The zero-order valence-corrected chi connectivity index (χ0v) is 16.9. The van der Waals surface area contributed by atoms with E-state index in [1.165, 1.54) is 18.2 Å². The Labute approximate surface area is 159 Å². The third-order valence-corrected chi connectivity index (χ3v) is 3.32. The van der Waals surface area contributed by atoms with Crippen LogP contribution in [0.5, 0.6) is 0 Å². The highest BCUT2D eigenvalue weighted by Gasteiger charge is 2.22. The number of benzene rings is 1. The minimum absolute atomic E-state index is 0. The SMILES string of the molecule is CCNC(=NCC(c1c(F)cccc1F)N(C)C)NCCOC.I. The Hall–Kier alpha value is -1.00. The molecule has 0 amide bonds. The highest BCUT2D eigenvalue weighted by Crippen LogP contribution is 2.24. The van der Waals surface area contributed by atoms with E-state index in [0.717, 1.165) is 0 Å². The third kappa shape index (κ3) is 7.27. The first-order valence-electron chi connectivity index (χ1n) is 7.62. The fourth-order valence-corrected chi connectivity index (χ4v) is 2.13. The van der Waals surface area contributed by atoms with Gasteiger partial charge in [-0.15, -0.1) is 24.0 Å². The van der Waals surface area contributed by atoms with E-state index in [2.05, 4.69) is 15.6 Å². The Morgan fingerprint density at radius 3 is 2.38 bits per heavy atom. The van der Waals surface area contributed by atoms with E-state index < -0.39 is 17.7 Å². The van der Waals surface area contributed by atoms with Crippen LogP contribution in [0.1, 0.15) is 18.5 Å². The Morgan fingerprint density at radius 2 is 1.88 bits per heavy atom. The van der Waals surface area contributed by atoms with Gasteiger partial charge >= 0.3 is 0 Å². The molecular formula is C16H27F2IN4O. The molecule has 0 fully saturated rings. The number of guanidine groups is 1. The lowest BCUT2D eigenvalue weighted by atomic mass is 10.0. The van der Waals surface area contributed by atoms with Crippen molar-refractivity contribution >= 4 is 29.9 Å². The highest BCUT2D eigenvalue weighted by molar-refractivity contribution is 14.0. The Balaban J connectivity index is 0.00000529. The summed E-state index contributed by atoms with van der Waals surface area (Å²) in [6.45, 7) is 4.02. The fraction of sp³-hybridized carbons (Fsp3) is 0.562. The van der Waals surface area contributed by atoms with Gasteiger partial charge in [0.15, 0.2) is 5.96 Å². The predicted octanol–water partition coefficient (Wildman–Crippen LogP) is 2.39. The topological polar surface area (TPSA) is 48.9 Å². The minimum atomic E-state index is -0.559. The lowest BCUT2D eigenvalue weighted by Gasteiger charge is -2.24. The molecule has 0 spiro atoms. The van der Waals surface area contributed by atoms with E-state index in [4.69, 9.17) is 4.74 Å². The quantitative estimate of drug-likeness (QED) is 0.273. The molecule has 5 nitrogen and oxygen atoms in total. The van der Waals surface area contributed by atoms with E-state index in [9.17, 15) is 8.78 Å². The van der Waals surface area contributed by atoms with Crippen LogP contribution >= 0.6 is 24.0 Å². The Kier molecular flexibility index (Phi) is 11.9. The monoisotopic (exact) mass is 456 g/mol. The second-order valence-corrected chi connectivity index (χ2v) is 5.25. The van der Waals surface area contributed by atoms with Crippen molar-refractivity contribution in [1.29, 1.82) is 0 Å². The molecule has 8 heteroatoms. The van der Waals surface area contributed by atoms with Gasteiger partial charge in [-0.1, -0.05) is 6.07 Å². The van der Waals surface area contributed by atoms with Gasteiger partial charge in [0.05, 0.1) is 19.2 Å². The first-order chi connectivity index (χ1) is 11.0. The van der Waals surface area contributed by atoms with E-state index in [1.807, 2.05) is 6.92 Å². The van der Waals surface area contributed by atoms with Crippen molar-refractivity contribution in [3.8, 4) is 0 Å². The van der Waals surface area contributed by atoms with E-state index >= 15 is 0 Å². The largest absolute Gasteiger partial charge is 0.383 e. The van der Waals surface area contributed by atoms with Crippen LogP contribution in [0, 0.1) is 11.6 Å². The van der Waals surface area contributed by atoms with Gasteiger partial charge in [-0.25, -0.2) is 8.78 Å². The number of hydrogen-bond acceptors (Lipinski definition) is 3. The van der Waals surface area contributed by atoms with Crippen LogP contribution in [0.4, 0.5) is 8.78 Å². The number of nitrogens with zero attached hydrogens (tertiary/aromatic N) is 2. The van der Waals surface area contributed by atoms with Crippen LogP contribution in [-0.4, -0.2) is 58.3 Å². The highest BCUT2D eigenvalue weighted by atomic mass is 127. The van der Waals surface area contributed by atoms with Crippen molar-refractivity contribution in [2.45, 2.75) is 13.0 Å². The second-order valence-electron chi connectivity index (χ2n) is 5.25. The minimum Gasteiger partial charge on any atom is -0.383 e. The van der Waals surface area contributed by atoms with Crippen molar-refractivity contribution < 1.29 is 13.5 Å². The van der Waals surface area contributed by atoms with Gasteiger partial charge in [-0.3, -0.25) is 4.99 Å². The molecule has 0 saturated heterocycles. The molecule has 0 aromatic heterocycles. The molecule has 0 aliphatic heterocycles. The van der Waals surface area contributed by atoms with E-state index in [-0.39, 0.29) is 36.1 Å². The standard InChI is InChI=1S/C16H26F2N4O.HI/c1-5-19-16(20-9-10-23-4)21-11-14(22(2)3)15-12(17)7-6-8-13(15)18;/h6-8,14H,5,9-11H2,1-4H3,(H2,19,20,21);1H. The molecule has 0 radical (unpaired) electrons. The van der Waals surface area contributed by atoms with Gasteiger partial charge in [-0.05, 0) is 33.2 Å². The maximum Gasteiger partial charge on any atom is 0.191 e. The molecule has 2 N–H and O–H groups in total. The maximum absolute atomic E-state index is 14.0. The Bertz CT molecular complexity index is 495. The summed E-state index contributed by atoms with van der Waals surface area (Å²) in [5.41, 5.74) is 0.0361. The zero-order valence-electron chi connectivity index (χ0n) is 14.6. The summed E-state index contributed by atoms with van der Waals surface area (Å²) in [5.74, 6) is -0.527. The molecule has 24 heavy (non-hydrogen) atoms. The van der Waals surface area contributed by atoms with Gasteiger partial charge < -0.3 is 20.3 Å². The summed E-state index contributed by atoms with van der Waals surface area (Å²) in [4.78, 5) is 6.18. The number of nitrogens with one attached hydrogen (secondary N) is 2. The molecule has 1 aromatic carbocycles. The molecular weight excluding hydrogens is 429 g/mol. The molecule has 138 valence electrons. The van der Waals surface area contributed by atoms with Crippen LogP contribution < -0.4 is 10.6 Å². The Morgan fingerprint density at radius 1 is 1.25 bits per heavy atom. The molecule has 0 saturated carbocycles. The normalized spacial score (nSPS) is 12.7. The molecule has 1 aromatic rings. The van der Waals surface area contributed by atoms with Crippen LogP contribution in [0.2, 0.25) is 0 Å². The average molecular weight is 456 g/mol. The first kappa shape index (κ1) is 23.0. The van der Waals surface area contributed by atoms with Crippen molar-refractivity contribution in [3.05, 3.63) is 35.4 Å². The summed E-state index contributed by atoms with van der Waals surface area (Å²) in [5, 5.41) is 6.20. The van der Waals surface area contributed by atoms with Gasteiger partial charge in [0.1, 0.15) is 11.6 Å².